The van der Waals surface area contributed by atoms with Crippen LogP contribution in [-0.2, 0) is 18.5 Å². The van der Waals surface area contributed by atoms with E-state index in [0.717, 1.165) is 25.2 Å². The SMILES string of the molecule is CC(C)Cc1cn(C[C@@H]2CN2C(c2ccccc2)(c2ccccc2)c2ccccc2)nn1. The topological polar surface area (TPSA) is 33.7 Å². The van der Waals surface area contributed by atoms with Gasteiger partial charge in [0, 0.05) is 18.8 Å². The lowest BCUT2D eigenvalue weighted by atomic mass is 9.76. The van der Waals surface area contributed by atoms with Gasteiger partial charge in [-0.1, -0.05) is 110 Å². The Balaban J connectivity index is 1.55. The van der Waals surface area contributed by atoms with Gasteiger partial charge < -0.3 is 0 Å². The Morgan fingerprint density at radius 2 is 1.31 bits per heavy atom. The molecule has 0 aliphatic carbocycles. The molecule has 4 aromatic rings. The molecule has 4 heteroatoms. The molecule has 0 radical (unpaired) electrons. The van der Waals surface area contributed by atoms with E-state index in [1.165, 1.54) is 16.7 Å². The molecule has 5 rings (SSSR count). The molecule has 1 aliphatic heterocycles. The van der Waals surface area contributed by atoms with Gasteiger partial charge in [-0.05, 0) is 29.0 Å². The molecule has 162 valence electrons. The molecule has 1 saturated heterocycles. The third-order valence-corrected chi connectivity index (χ3v) is 6.32. The van der Waals surface area contributed by atoms with E-state index < -0.39 is 0 Å². The van der Waals surface area contributed by atoms with Gasteiger partial charge in [0.25, 0.3) is 0 Å². The van der Waals surface area contributed by atoms with Crippen molar-refractivity contribution in [3.63, 3.8) is 0 Å². The van der Waals surface area contributed by atoms with Gasteiger partial charge in [-0.25, -0.2) is 0 Å². The highest BCUT2D eigenvalue weighted by Crippen LogP contribution is 2.48. The zero-order chi connectivity index (χ0) is 22.0. The molecule has 0 bridgehead atoms. The van der Waals surface area contributed by atoms with Crippen molar-refractivity contribution in [1.29, 1.82) is 0 Å². The van der Waals surface area contributed by atoms with Crippen molar-refractivity contribution in [3.05, 3.63) is 120 Å². The predicted octanol–water partition coefficient (Wildman–Crippen LogP) is 5.15. The molecule has 0 saturated carbocycles. The van der Waals surface area contributed by atoms with Crippen LogP contribution in [0.25, 0.3) is 0 Å². The molecule has 1 aromatic heterocycles. The summed E-state index contributed by atoms with van der Waals surface area (Å²) < 4.78 is 2.02. The first-order valence-electron chi connectivity index (χ1n) is 11.5. The van der Waals surface area contributed by atoms with E-state index in [1.807, 2.05) is 4.68 Å². The maximum Gasteiger partial charge on any atom is 0.0976 e. The van der Waals surface area contributed by atoms with E-state index in [2.05, 4.69) is 126 Å². The van der Waals surface area contributed by atoms with Gasteiger partial charge in [0.15, 0.2) is 0 Å². The Morgan fingerprint density at radius 3 is 1.78 bits per heavy atom. The van der Waals surface area contributed by atoms with Crippen LogP contribution in [0.4, 0.5) is 0 Å². The molecule has 1 fully saturated rings. The average Bonchev–Trinajstić information content (AvgIpc) is 3.44. The number of aromatic nitrogens is 3. The molecule has 2 atom stereocenters. The number of nitrogens with zero attached hydrogens (tertiary/aromatic N) is 4. The Labute approximate surface area is 190 Å². The molecule has 3 aromatic carbocycles. The largest absolute Gasteiger partial charge is 0.278 e. The lowest BCUT2D eigenvalue weighted by molar-refractivity contribution is 0.306. The van der Waals surface area contributed by atoms with Gasteiger partial charge >= 0.3 is 0 Å². The maximum absolute atomic E-state index is 4.42. The lowest BCUT2D eigenvalue weighted by Gasteiger charge is -2.38. The van der Waals surface area contributed by atoms with Gasteiger partial charge in [0.1, 0.15) is 0 Å². The second kappa shape index (κ2) is 8.71. The fourth-order valence-corrected chi connectivity index (χ4v) is 4.94. The number of hydrogen-bond donors (Lipinski definition) is 0. The average molecular weight is 423 g/mol. The van der Waals surface area contributed by atoms with Crippen molar-refractivity contribution in [3.8, 4) is 0 Å². The molecular formula is C28H30N4. The summed E-state index contributed by atoms with van der Waals surface area (Å²) in [6.45, 7) is 6.29. The summed E-state index contributed by atoms with van der Waals surface area (Å²) in [4.78, 5) is 2.61. The summed E-state index contributed by atoms with van der Waals surface area (Å²) in [5.74, 6) is 0.583. The molecule has 2 heterocycles. The zero-order valence-corrected chi connectivity index (χ0v) is 18.8. The molecule has 0 amide bonds. The Kier molecular flexibility index (Phi) is 5.62. The molecule has 1 unspecified atom stereocenters. The van der Waals surface area contributed by atoms with Gasteiger partial charge in [-0.2, -0.15) is 0 Å². The highest BCUT2D eigenvalue weighted by molar-refractivity contribution is 5.51. The quantitative estimate of drug-likeness (QED) is 0.291. The van der Waals surface area contributed by atoms with Crippen LogP contribution in [-0.4, -0.2) is 32.5 Å². The van der Waals surface area contributed by atoms with Crippen molar-refractivity contribution >= 4 is 0 Å². The minimum atomic E-state index is -0.338. The summed E-state index contributed by atoms with van der Waals surface area (Å²) in [7, 11) is 0. The maximum atomic E-state index is 4.42. The third kappa shape index (κ3) is 3.87. The Morgan fingerprint density at radius 1 is 0.812 bits per heavy atom. The first-order valence-corrected chi connectivity index (χ1v) is 11.5. The van der Waals surface area contributed by atoms with E-state index in [9.17, 15) is 0 Å². The van der Waals surface area contributed by atoms with Crippen LogP contribution in [0.15, 0.2) is 97.2 Å². The summed E-state index contributed by atoms with van der Waals surface area (Å²) in [6.07, 6.45) is 3.09. The molecule has 0 N–H and O–H groups in total. The fraction of sp³-hybridized carbons (Fsp3) is 0.286. The lowest BCUT2D eigenvalue weighted by Crippen LogP contribution is -2.39. The summed E-state index contributed by atoms with van der Waals surface area (Å²) in [5.41, 5.74) is 4.61. The monoisotopic (exact) mass is 422 g/mol. The van der Waals surface area contributed by atoms with Crippen LogP contribution in [0.1, 0.15) is 36.2 Å². The van der Waals surface area contributed by atoms with E-state index in [0.29, 0.717) is 12.0 Å². The minimum absolute atomic E-state index is 0.338. The number of hydrogen-bond acceptors (Lipinski definition) is 3. The Bertz CT molecular complexity index is 1040. The zero-order valence-electron chi connectivity index (χ0n) is 18.8. The van der Waals surface area contributed by atoms with Crippen LogP contribution in [0.3, 0.4) is 0 Å². The van der Waals surface area contributed by atoms with E-state index in [1.54, 1.807) is 0 Å². The van der Waals surface area contributed by atoms with Gasteiger partial charge in [-0.3, -0.25) is 9.58 Å². The van der Waals surface area contributed by atoms with Crippen molar-refractivity contribution in [2.45, 2.75) is 38.4 Å². The van der Waals surface area contributed by atoms with Crippen LogP contribution in [0, 0.1) is 5.92 Å². The van der Waals surface area contributed by atoms with Gasteiger partial charge in [0.2, 0.25) is 0 Å². The van der Waals surface area contributed by atoms with E-state index in [-0.39, 0.29) is 5.54 Å². The minimum Gasteiger partial charge on any atom is -0.278 e. The van der Waals surface area contributed by atoms with Crippen molar-refractivity contribution < 1.29 is 0 Å². The normalized spacial score (nSPS) is 18.1. The number of rotatable bonds is 8. The van der Waals surface area contributed by atoms with Crippen LogP contribution in [0.2, 0.25) is 0 Å². The van der Waals surface area contributed by atoms with Gasteiger partial charge in [-0.15, -0.1) is 5.10 Å². The summed E-state index contributed by atoms with van der Waals surface area (Å²) in [6, 6.07) is 33.1. The first kappa shape index (κ1) is 20.7. The summed E-state index contributed by atoms with van der Waals surface area (Å²) >= 11 is 0. The smallest absolute Gasteiger partial charge is 0.0976 e. The highest BCUT2D eigenvalue weighted by Gasteiger charge is 2.53. The molecule has 1 aliphatic rings. The third-order valence-electron chi connectivity index (χ3n) is 6.32. The summed E-state index contributed by atoms with van der Waals surface area (Å²) in [5, 5.41) is 8.82. The van der Waals surface area contributed by atoms with Crippen LogP contribution in [0.5, 0.6) is 0 Å². The van der Waals surface area contributed by atoms with Crippen LogP contribution >= 0.6 is 0 Å². The van der Waals surface area contributed by atoms with Crippen molar-refractivity contribution in [2.75, 3.05) is 6.54 Å². The predicted molar refractivity (Wildman–Crippen MR) is 128 cm³/mol. The van der Waals surface area contributed by atoms with Crippen molar-refractivity contribution in [2.24, 2.45) is 5.92 Å². The molecule has 4 nitrogen and oxygen atoms in total. The van der Waals surface area contributed by atoms with E-state index >= 15 is 0 Å². The standard InChI is InChI=1S/C28H30N4/c1-22(2)18-26-19-31(30-29-26)20-27-21-32(27)28(23-12-6-3-7-13-23,24-14-8-4-9-15-24)25-16-10-5-11-17-25/h3-17,19,22,27H,18,20-21H2,1-2H3/t27-,32?/m1/s1. The molecule has 0 spiro atoms. The second-order valence-electron chi connectivity index (χ2n) is 9.14. The highest BCUT2D eigenvalue weighted by atomic mass is 15.5. The van der Waals surface area contributed by atoms with Crippen LogP contribution < -0.4 is 0 Å². The fourth-order valence-electron chi connectivity index (χ4n) is 4.94. The Hall–Kier alpha value is -3.24. The van der Waals surface area contributed by atoms with Crippen molar-refractivity contribution in [1.82, 2.24) is 19.9 Å². The molecular weight excluding hydrogens is 392 g/mol. The van der Waals surface area contributed by atoms with E-state index in [4.69, 9.17) is 0 Å². The molecule has 32 heavy (non-hydrogen) atoms. The van der Waals surface area contributed by atoms with Gasteiger partial charge in [0.05, 0.1) is 17.8 Å². The first-order chi connectivity index (χ1) is 15.7. The number of benzene rings is 3. The second-order valence-corrected chi connectivity index (χ2v) is 9.14.